The highest BCUT2D eigenvalue weighted by atomic mass is 15.1. The van der Waals surface area contributed by atoms with Crippen LogP contribution in [0.4, 0.5) is 0 Å². The molecule has 52 valence electrons. The molecule has 0 saturated carbocycles. The number of nitrogens with one attached hydrogen (secondary N) is 2. The molecule has 0 aromatic carbocycles. The van der Waals surface area contributed by atoms with E-state index in [4.69, 9.17) is 0 Å². The average Bonchev–Trinajstić information content (AvgIpc) is 2.34. The Bertz CT molecular complexity index is 84.9. The predicted octanol–water partition coefficient (Wildman–Crippen LogP) is 0.471. The molecule has 1 heterocycles. The Balaban J connectivity index is 2.04. The maximum atomic E-state index is 3.63. The molecule has 0 bridgehead atoms. The Morgan fingerprint density at radius 3 is 3.22 bits per heavy atom. The number of hydrogen-bond acceptors (Lipinski definition) is 2. The van der Waals surface area contributed by atoms with E-state index in [9.17, 15) is 0 Å². The SMILES string of the molecule is C=CCNC1CCCN1. The van der Waals surface area contributed by atoms with Gasteiger partial charge in [0.2, 0.25) is 0 Å². The summed E-state index contributed by atoms with van der Waals surface area (Å²) < 4.78 is 0. The fraction of sp³-hybridized carbons (Fsp3) is 0.714. The molecule has 1 aliphatic heterocycles. The van der Waals surface area contributed by atoms with Gasteiger partial charge in [-0.3, -0.25) is 5.32 Å². The van der Waals surface area contributed by atoms with Gasteiger partial charge in [0.25, 0.3) is 0 Å². The first-order valence-corrected chi connectivity index (χ1v) is 3.51. The molecule has 1 aliphatic rings. The van der Waals surface area contributed by atoms with E-state index in [1.165, 1.54) is 12.8 Å². The van der Waals surface area contributed by atoms with E-state index in [1.807, 2.05) is 6.08 Å². The van der Waals surface area contributed by atoms with Crippen molar-refractivity contribution in [3.05, 3.63) is 12.7 Å². The summed E-state index contributed by atoms with van der Waals surface area (Å²) in [7, 11) is 0. The molecule has 1 fully saturated rings. The van der Waals surface area contributed by atoms with Crippen LogP contribution in [0.5, 0.6) is 0 Å². The third kappa shape index (κ3) is 2.16. The average molecular weight is 126 g/mol. The van der Waals surface area contributed by atoms with Crippen LogP contribution in [-0.2, 0) is 0 Å². The second-order valence-electron chi connectivity index (χ2n) is 2.35. The molecule has 9 heavy (non-hydrogen) atoms. The van der Waals surface area contributed by atoms with Crippen LogP contribution in [-0.4, -0.2) is 19.3 Å². The highest BCUT2D eigenvalue weighted by Gasteiger charge is 2.10. The summed E-state index contributed by atoms with van der Waals surface area (Å²) in [6, 6.07) is 0. The lowest BCUT2D eigenvalue weighted by molar-refractivity contribution is 0.509. The lowest BCUT2D eigenvalue weighted by Crippen LogP contribution is -2.37. The molecule has 2 N–H and O–H groups in total. The minimum Gasteiger partial charge on any atom is -0.302 e. The fourth-order valence-corrected chi connectivity index (χ4v) is 1.08. The molecular formula is C7H14N2. The molecule has 0 aliphatic carbocycles. The van der Waals surface area contributed by atoms with Crippen LogP contribution in [0.1, 0.15) is 12.8 Å². The van der Waals surface area contributed by atoms with Crippen LogP contribution in [0.3, 0.4) is 0 Å². The molecule has 1 rings (SSSR count). The van der Waals surface area contributed by atoms with Gasteiger partial charge in [-0.05, 0) is 19.4 Å². The summed E-state index contributed by atoms with van der Waals surface area (Å²) in [5, 5.41) is 6.63. The monoisotopic (exact) mass is 126 g/mol. The van der Waals surface area contributed by atoms with Gasteiger partial charge in [-0.15, -0.1) is 6.58 Å². The minimum absolute atomic E-state index is 0.544. The highest BCUT2D eigenvalue weighted by molar-refractivity contribution is 4.77. The third-order valence-electron chi connectivity index (χ3n) is 1.57. The lowest BCUT2D eigenvalue weighted by atomic mass is 10.3. The van der Waals surface area contributed by atoms with Crippen LogP contribution in [0, 0.1) is 0 Å². The van der Waals surface area contributed by atoms with Gasteiger partial charge in [0.15, 0.2) is 0 Å². The number of hydrogen-bond donors (Lipinski definition) is 2. The van der Waals surface area contributed by atoms with Crippen molar-refractivity contribution in [3.63, 3.8) is 0 Å². The second-order valence-corrected chi connectivity index (χ2v) is 2.35. The topological polar surface area (TPSA) is 24.1 Å². The Kier molecular flexibility index (Phi) is 2.74. The zero-order valence-electron chi connectivity index (χ0n) is 5.69. The van der Waals surface area contributed by atoms with Crippen molar-refractivity contribution in [2.45, 2.75) is 19.0 Å². The molecule has 1 saturated heterocycles. The van der Waals surface area contributed by atoms with Crippen molar-refractivity contribution < 1.29 is 0 Å². The van der Waals surface area contributed by atoms with Gasteiger partial charge in [-0.25, -0.2) is 0 Å². The third-order valence-corrected chi connectivity index (χ3v) is 1.57. The summed E-state index contributed by atoms with van der Waals surface area (Å²) in [5.41, 5.74) is 0. The highest BCUT2D eigenvalue weighted by Crippen LogP contribution is 2.00. The van der Waals surface area contributed by atoms with E-state index < -0.39 is 0 Å². The molecule has 1 atom stereocenters. The van der Waals surface area contributed by atoms with Gasteiger partial charge in [-0.1, -0.05) is 6.08 Å². The maximum absolute atomic E-state index is 3.63. The summed E-state index contributed by atoms with van der Waals surface area (Å²) in [6.45, 7) is 5.71. The van der Waals surface area contributed by atoms with Crippen molar-refractivity contribution in [2.24, 2.45) is 0 Å². The van der Waals surface area contributed by atoms with Crippen LogP contribution in [0.2, 0.25) is 0 Å². The molecule has 0 spiro atoms. The van der Waals surface area contributed by atoms with Crippen molar-refractivity contribution in [2.75, 3.05) is 13.1 Å². The standard InChI is InChI=1S/C7H14N2/c1-2-5-8-7-4-3-6-9-7/h2,7-9H,1,3-6H2. The van der Waals surface area contributed by atoms with Crippen molar-refractivity contribution in [1.29, 1.82) is 0 Å². The zero-order valence-corrected chi connectivity index (χ0v) is 5.69. The van der Waals surface area contributed by atoms with Crippen LogP contribution < -0.4 is 10.6 Å². The minimum atomic E-state index is 0.544. The molecule has 2 nitrogen and oxygen atoms in total. The summed E-state index contributed by atoms with van der Waals surface area (Å²) in [4.78, 5) is 0. The van der Waals surface area contributed by atoms with Gasteiger partial charge >= 0.3 is 0 Å². The Morgan fingerprint density at radius 2 is 2.67 bits per heavy atom. The second kappa shape index (κ2) is 3.64. The maximum Gasteiger partial charge on any atom is 0.0574 e. The van der Waals surface area contributed by atoms with Gasteiger partial charge in [-0.2, -0.15) is 0 Å². The smallest absolute Gasteiger partial charge is 0.0574 e. The van der Waals surface area contributed by atoms with E-state index in [2.05, 4.69) is 17.2 Å². The Labute approximate surface area is 56.3 Å². The zero-order chi connectivity index (χ0) is 6.53. The first kappa shape index (κ1) is 6.78. The van der Waals surface area contributed by atoms with Crippen LogP contribution in [0.15, 0.2) is 12.7 Å². The van der Waals surface area contributed by atoms with Gasteiger partial charge < -0.3 is 5.32 Å². The lowest BCUT2D eigenvalue weighted by Gasteiger charge is -2.09. The molecule has 0 radical (unpaired) electrons. The molecule has 0 aromatic rings. The van der Waals surface area contributed by atoms with Crippen molar-refractivity contribution in [3.8, 4) is 0 Å². The first-order chi connectivity index (χ1) is 4.43. The van der Waals surface area contributed by atoms with Gasteiger partial charge in [0, 0.05) is 6.54 Å². The van der Waals surface area contributed by atoms with E-state index >= 15 is 0 Å². The summed E-state index contributed by atoms with van der Waals surface area (Å²) >= 11 is 0. The first-order valence-electron chi connectivity index (χ1n) is 3.51. The molecule has 0 aromatic heterocycles. The van der Waals surface area contributed by atoms with Gasteiger partial charge in [0.1, 0.15) is 0 Å². The summed E-state index contributed by atoms with van der Waals surface area (Å²) in [6.07, 6.45) is 4.99. The predicted molar refractivity (Wildman–Crippen MR) is 39.2 cm³/mol. The van der Waals surface area contributed by atoms with Gasteiger partial charge in [0.05, 0.1) is 6.17 Å². The fourth-order valence-electron chi connectivity index (χ4n) is 1.08. The van der Waals surface area contributed by atoms with E-state index in [-0.39, 0.29) is 0 Å². The quantitative estimate of drug-likeness (QED) is 0.537. The van der Waals surface area contributed by atoms with E-state index in [0.29, 0.717) is 6.17 Å². The summed E-state index contributed by atoms with van der Waals surface area (Å²) in [5.74, 6) is 0. The molecule has 2 heteroatoms. The number of rotatable bonds is 3. The largest absolute Gasteiger partial charge is 0.302 e. The molecule has 0 amide bonds. The Hall–Kier alpha value is -0.340. The van der Waals surface area contributed by atoms with Crippen LogP contribution >= 0.6 is 0 Å². The van der Waals surface area contributed by atoms with Crippen molar-refractivity contribution >= 4 is 0 Å². The van der Waals surface area contributed by atoms with E-state index in [0.717, 1.165) is 13.1 Å². The molecule has 1 unspecified atom stereocenters. The van der Waals surface area contributed by atoms with Crippen LogP contribution in [0.25, 0.3) is 0 Å². The van der Waals surface area contributed by atoms with E-state index in [1.54, 1.807) is 0 Å². The molecular weight excluding hydrogens is 112 g/mol. The van der Waals surface area contributed by atoms with Crippen molar-refractivity contribution in [1.82, 2.24) is 10.6 Å². The normalized spacial score (nSPS) is 26.4. The Morgan fingerprint density at radius 1 is 1.78 bits per heavy atom.